The average molecular weight is 521 g/mol. The van der Waals surface area contributed by atoms with Gasteiger partial charge in [-0.1, -0.05) is 60.7 Å². The lowest BCUT2D eigenvalue weighted by atomic mass is 10.1. The first-order valence-electron chi connectivity index (χ1n) is 11.9. The van der Waals surface area contributed by atoms with Crippen LogP contribution >= 0.6 is 22.7 Å². The van der Waals surface area contributed by atoms with Crippen LogP contribution in [0.4, 0.5) is 0 Å². The summed E-state index contributed by atoms with van der Waals surface area (Å²) in [5.41, 5.74) is 4.86. The maximum absolute atomic E-state index is 5.40. The second-order valence-corrected chi connectivity index (χ2v) is 10.6. The maximum atomic E-state index is 5.40. The van der Waals surface area contributed by atoms with Gasteiger partial charge in [0.2, 0.25) is 0 Å². The maximum Gasteiger partial charge on any atom is 0.146 e. The molecule has 2 aromatic carbocycles. The van der Waals surface area contributed by atoms with Gasteiger partial charge in [-0.15, -0.1) is 22.7 Å². The number of methoxy groups -OCH3 is 2. The van der Waals surface area contributed by atoms with E-state index in [1.165, 1.54) is 41.8 Å². The third-order valence-corrected chi connectivity index (χ3v) is 7.96. The second kappa shape index (κ2) is 14.2. The van der Waals surface area contributed by atoms with Crippen LogP contribution in [-0.4, -0.2) is 41.0 Å². The average Bonchev–Trinajstić information content (AvgIpc) is 3.59. The van der Waals surface area contributed by atoms with E-state index in [1.807, 2.05) is 22.7 Å². The highest BCUT2D eigenvalue weighted by molar-refractivity contribution is 7.15. The van der Waals surface area contributed by atoms with E-state index in [0.29, 0.717) is 26.8 Å². The van der Waals surface area contributed by atoms with Gasteiger partial charge in [0.25, 0.3) is 0 Å². The molecule has 0 spiro atoms. The Bertz CT molecular complexity index is 1110. The topological polar surface area (TPSA) is 36.9 Å². The number of thiophene rings is 2. The van der Waals surface area contributed by atoms with E-state index in [-0.39, 0.29) is 0 Å². The highest BCUT2D eigenvalue weighted by Crippen LogP contribution is 2.30. The Kier molecular flexibility index (Phi) is 10.5. The van der Waals surface area contributed by atoms with Crippen molar-refractivity contribution in [2.24, 2.45) is 0 Å². The van der Waals surface area contributed by atoms with Crippen molar-refractivity contribution < 1.29 is 18.9 Å². The lowest BCUT2D eigenvalue weighted by molar-refractivity contribution is -0.0291. The molecule has 2 aromatic heterocycles. The molecule has 36 heavy (non-hydrogen) atoms. The predicted octanol–water partition coefficient (Wildman–Crippen LogP) is 7.64. The molecular formula is C30H32O4S2. The van der Waals surface area contributed by atoms with Crippen molar-refractivity contribution in [2.75, 3.05) is 41.0 Å². The molecule has 0 atom stereocenters. The van der Waals surface area contributed by atoms with E-state index in [4.69, 9.17) is 18.9 Å². The lowest BCUT2D eigenvalue weighted by Gasteiger charge is -2.02. The van der Waals surface area contributed by atoms with Crippen LogP contribution < -0.4 is 0 Å². The largest absolute Gasteiger partial charge is 0.359 e. The van der Waals surface area contributed by atoms with Crippen LogP contribution in [0.15, 0.2) is 72.8 Å². The highest BCUT2D eigenvalue weighted by Gasteiger charge is 2.05. The molecule has 0 aliphatic heterocycles. The minimum absolute atomic E-state index is 0.346. The van der Waals surface area contributed by atoms with Crippen LogP contribution in [0.25, 0.3) is 33.0 Å². The monoisotopic (exact) mass is 520 g/mol. The summed E-state index contributed by atoms with van der Waals surface area (Å²) in [6, 6.07) is 26.2. The summed E-state index contributed by atoms with van der Waals surface area (Å²) in [7, 11) is 3.28. The molecular weight excluding hydrogens is 488 g/mol. The first-order chi connectivity index (χ1) is 17.7. The van der Waals surface area contributed by atoms with Crippen LogP contribution in [0.5, 0.6) is 0 Å². The van der Waals surface area contributed by atoms with Crippen molar-refractivity contribution in [3.63, 3.8) is 0 Å². The first kappa shape index (κ1) is 26.5. The number of ether oxygens (including phenoxy) is 4. The number of hydrogen-bond acceptors (Lipinski definition) is 6. The van der Waals surface area contributed by atoms with Crippen molar-refractivity contribution in [1.82, 2.24) is 0 Å². The van der Waals surface area contributed by atoms with E-state index in [1.54, 1.807) is 14.2 Å². The molecule has 0 unspecified atom stereocenters. The summed E-state index contributed by atoms with van der Waals surface area (Å²) in [5, 5.41) is 0. The smallest absolute Gasteiger partial charge is 0.146 e. The van der Waals surface area contributed by atoms with Crippen LogP contribution in [0.2, 0.25) is 0 Å². The Morgan fingerprint density at radius 2 is 0.972 bits per heavy atom. The Balaban J connectivity index is 1.30. The molecule has 0 aliphatic rings. The fourth-order valence-corrected chi connectivity index (χ4v) is 5.66. The fourth-order valence-electron chi connectivity index (χ4n) is 3.67. The zero-order chi connectivity index (χ0) is 25.0. The van der Waals surface area contributed by atoms with Gasteiger partial charge < -0.3 is 18.9 Å². The molecule has 2 heterocycles. The Morgan fingerprint density at radius 3 is 1.36 bits per heavy atom. The zero-order valence-electron chi connectivity index (χ0n) is 20.8. The number of rotatable bonds is 14. The van der Waals surface area contributed by atoms with Gasteiger partial charge in [0.15, 0.2) is 0 Å². The first-order valence-corrected chi connectivity index (χ1v) is 13.6. The molecule has 4 aromatic rings. The summed E-state index contributed by atoms with van der Waals surface area (Å²) in [4.78, 5) is 5.20. The van der Waals surface area contributed by atoms with Crippen molar-refractivity contribution in [3.05, 3.63) is 93.7 Å². The summed E-state index contributed by atoms with van der Waals surface area (Å²) >= 11 is 3.63. The van der Waals surface area contributed by atoms with E-state index in [2.05, 4.69) is 84.9 Å². The highest BCUT2D eigenvalue weighted by atomic mass is 32.1. The van der Waals surface area contributed by atoms with Gasteiger partial charge in [-0.05, 0) is 46.5 Å². The van der Waals surface area contributed by atoms with E-state index in [0.717, 1.165) is 12.8 Å². The van der Waals surface area contributed by atoms with Gasteiger partial charge in [-0.3, -0.25) is 0 Å². The van der Waals surface area contributed by atoms with Gasteiger partial charge in [-0.2, -0.15) is 0 Å². The molecule has 0 fully saturated rings. The van der Waals surface area contributed by atoms with Crippen LogP contribution in [0.1, 0.15) is 20.9 Å². The molecule has 0 amide bonds. The molecule has 0 aliphatic carbocycles. The van der Waals surface area contributed by atoms with E-state index >= 15 is 0 Å². The molecule has 0 bridgehead atoms. The molecule has 188 valence electrons. The number of hydrogen-bond donors (Lipinski definition) is 0. The van der Waals surface area contributed by atoms with Crippen LogP contribution in [0, 0.1) is 0 Å². The molecule has 6 heteroatoms. The van der Waals surface area contributed by atoms with E-state index in [9.17, 15) is 0 Å². The van der Waals surface area contributed by atoms with Gasteiger partial charge >= 0.3 is 0 Å². The standard InChI is InChI=1S/C30H32O4S2/c1-31-21-33-19-17-27-13-15-29(35-27)25-9-5-23(6-10-25)3-4-24-7-11-26(12-8-24)30-16-14-28(36-30)18-20-34-22-32-2/h3-16H,17-22H2,1-2H3. The molecule has 0 N–H and O–H groups in total. The molecule has 0 saturated carbocycles. The lowest BCUT2D eigenvalue weighted by Crippen LogP contribution is -2.00. The van der Waals surface area contributed by atoms with Crippen molar-refractivity contribution in [1.29, 1.82) is 0 Å². The molecule has 4 rings (SSSR count). The molecule has 0 saturated heterocycles. The second-order valence-electron chi connectivity index (χ2n) is 8.24. The third kappa shape index (κ3) is 7.96. The molecule has 0 radical (unpaired) electrons. The van der Waals surface area contributed by atoms with Gasteiger partial charge in [0.05, 0.1) is 13.2 Å². The molecule has 4 nitrogen and oxygen atoms in total. The number of benzene rings is 2. The Morgan fingerprint density at radius 1 is 0.556 bits per heavy atom. The summed E-state index contributed by atoms with van der Waals surface area (Å²) in [6.07, 6.45) is 6.14. The Labute approximate surface area is 221 Å². The third-order valence-electron chi connectivity index (χ3n) is 5.57. The van der Waals surface area contributed by atoms with E-state index < -0.39 is 0 Å². The van der Waals surface area contributed by atoms with Crippen molar-refractivity contribution in [2.45, 2.75) is 12.8 Å². The van der Waals surface area contributed by atoms with Crippen molar-refractivity contribution >= 4 is 34.8 Å². The quantitative estimate of drug-likeness (QED) is 0.0972. The Hall–Kier alpha value is -2.58. The minimum Gasteiger partial charge on any atom is -0.359 e. The minimum atomic E-state index is 0.346. The summed E-state index contributed by atoms with van der Waals surface area (Å²) < 4.78 is 20.6. The van der Waals surface area contributed by atoms with Gasteiger partial charge in [0.1, 0.15) is 13.6 Å². The zero-order valence-corrected chi connectivity index (χ0v) is 22.4. The predicted molar refractivity (Wildman–Crippen MR) is 152 cm³/mol. The van der Waals surface area contributed by atoms with Crippen LogP contribution in [-0.2, 0) is 31.8 Å². The summed E-state index contributed by atoms with van der Waals surface area (Å²) in [5.74, 6) is 0. The summed E-state index contributed by atoms with van der Waals surface area (Å²) in [6.45, 7) is 2.05. The SMILES string of the molecule is COCOCCc1ccc(-c2ccc(C=Cc3ccc(-c4ccc(CCOCOC)s4)cc3)cc2)s1. The van der Waals surface area contributed by atoms with Gasteiger partial charge in [-0.25, -0.2) is 0 Å². The van der Waals surface area contributed by atoms with Crippen molar-refractivity contribution in [3.8, 4) is 20.9 Å². The van der Waals surface area contributed by atoms with Gasteiger partial charge in [0, 0.05) is 46.6 Å². The fraction of sp³-hybridized carbons (Fsp3) is 0.267. The normalized spacial score (nSPS) is 11.5. The van der Waals surface area contributed by atoms with Crippen LogP contribution in [0.3, 0.4) is 0 Å².